The van der Waals surface area contributed by atoms with Crippen LogP contribution in [0, 0.1) is 34.2 Å². The van der Waals surface area contributed by atoms with Gasteiger partial charge in [-0.2, -0.15) is 5.26 Å². The molecule has 1 saturated heterocycles. The third-order valence-corrected chi connectivity index (χ3v) is 4.52. The van der Waals surface area contributed by atoms with Gasteiger partial charge in [0.05, 0.1) is 17.0 Å². The van der Waals surface area contributed by atoms with Gasteiger partial charge in [0, 0.05) is 25.3 Å². The van der Waals surface area contributed by atoms with E-state index >= 15 is 0 Å². The number of nitrogens with zero attached hydrogens (tertiary/aromatic N) is 2. The molecule has 28 heavy (non-hydrogen) atoms. The number of ether oxygens (including phenoxy) is 2. The first kappa shape index (κ1) is 19.6. The maximum atomic E-state index is 14.5. The van der Waals surface area contributed by atoms with E-state index in [1.165, 1.54) is 0 Å². The van der Waals surface area contributed by atoms with Gasteiger partial charge in [-0.3, -0.25) is 0 Å². The van der Waals surface area contributed by atoms with E-state index in [-0.39, 0.29) is 12.4 Å². The quantitative estimate of drug-likeness (QED) is 0.836. The van der Waals surface area contributed by atoms with Crippen molar-refractivity contribution < 1.29 is 32.5 Å². The van der Waals surface area contributed by atoms with Crippen molar-refractivity contribution in [2.24, 2.45) is 5.41 Å². The minimum Gasteiger partial charge on any atom is -0.492 e. The third-order valence-electron chi connectivity index (χ3n) is 4.52. The Morgan fingerprint density at radius 3 is 2.43 bits per heavy atom. The number of halogens is 3. The number of carboxylic acid groups (broad SMARTS) is 1. The Morgan fingerprint density at radius 2 is 1.86 bits per heavy atom. The molecule has 1 aliphatic rings. The molecule has 0 aliphatic carbocycles. The topological polar surface area (TPSA) is 92.4 Å². The Hall–Kier alpha value is -3.12. The van der Waals surface area contributed by atoms with E-state index in [2.05, 4.69) is 11.1 Å². The molecule has 0 spiro atoms. The number of carboxylic acids is 1. The van der Waals surface area contributed by atoms with Crippen LogP contribution in [-0.4, -0.2) is 35.9 Å². The van der Waals surface area contributed by atoms with Crippen molar-refractivity contribution >= 4 is 5.97 Å². The van der Waals surface area contributed by atoms with Gasteiger partial charge in [-0.1, -0.05) is 0 Å². The molecule has 1 fully saturated rings. The Kier molecular flexibility index (Phi) is 5.51. The summed E-state index contributed by atoms with van der Waals surface area (Å²) in [6.07, 6.45) is 0.868. The molecule has 2 aromatic rings. The van der Waals surface area contributed by atoms with E-state index in [0.29, 0.717) is 26.1 Å². The van der Waals surface area contributed by atoms with E-state index in [9.17, 15) is 23.2 Å². The van der Waals surface area contributed by atoms with Gasteiger partial charge in [-0.05, 0) is 25.0 Å². The standard InChI is InChI=1S/C19H15F3N2O4/c20-12-1-2-15(18(25)26)24-17(12)16-13(21)7-11(8-14(16)22)28-10-19(9-23)3-5-27-6-4-19/h1-2,7-8H,3-6,10H2,(H,25,26). The minimum atomic E-state index is -1.46. The largest absolute Gasteiger partial charge is 0.492 e. The van der Waals surface area contributed by atoms with E-state index in [0.717, 1.165) is 24.3 Å². The van der Waals surface area contributed by atoms with E-state index in [1.807, 2.05) is 0 Å². The number of rotatable bonds is 5. The van der Waals surface area contributed by atoms with E-state index < -0.39 is 45.8 Å². The second-order valence-electron chi connectivity index (χ2n) is 6.39. The molecule has 1 aliphatic heterocycles. The second-order valence-corrected chi connectivity index (χ2v) is 6.39. The molecule has 0 atom stereocenters. The van der Waals surface area contributed by atoms with Crippen molar-refractivity contribution in [1.29, 1.82) is 5.26 Å². The number of hydrogen-bond acceptors (Lipinski definition) is 5. The molecule has 1 aromatic heterocycles. The summed E-state index contributed by atoms with van der Waals surface area (Å²) in [4.78, 5) is 14.5. The molecule has 0 unspecified atom stereocenters. The first-order valence-electron chi connectivity index (χ1n) is 8.36. The molecule has 3 rings (SSSR count). The average Bonchev–Trinajstić information content (AvgIpc) is 2.68. The number of benzene rings is 1. The number of aromatic nitrogens is 1. The lowest BCUT2D eigenvalue weighted by atomic mass is 9.83. The molecule has 0 saturated carbocycles. The summed E-state index contributed by atoms with van der Waals surface area (Å²) in [6.45, 7) is 0.707. The highest BCUT2D eigenvalue weighted by atomic mass is 19.1. The highest BCUT2D eigenvalue weighted by Gasteiger charge is 2.34. The first-order chi connectivity index (χ1) is 13.3. The Bertz CT molecular complexity index is 930. The van der Waals surface area contributed by atoms with Crippen LogP contribution in [0.25, 0.3) is 11.3 Å². The lowest BCUT2D eigenvalue weighted by molar-refractivity contribution is 0.0190. The zero-order chi connectivity index (χ0) is 20.3. The van der Waals surface area contributed by atoms with E-state index in [4.69, 9.17) is 14.6 Å². The number of pyridine rings is 1. The summed E-state index contributed by atoms with van der Waals surface area (Å²) < 4.78 is 53.6. The molecule has 1 aromatic carbocycles. The van der Waals surface area contributed by atoms with Gasteiger partial charge in [0.25, 0.3) is 0 Å². The van der Waals surface area contributed by atoms with Crippen LogP contribution in [-0.2, 0) is 4.74 Å². The third kappa shape index (κ3) is 3.92. The molecule has 0 radical (unpaired) electrons. The zero-order valence-electron chi connectivity index (χ0n) is 14.5. The number of hydrogen-bond donors (Lipinski definition) is 1. The molecule has 1 N–H and O–H groups in total. The van der Waals surface area contributed by atoms with Gasteiger partial charge in [0.15, 0.2) is 0 Å². The van der Waals surface area contributed by atoms with Gasteiger partial charge in [0.2, 0.25) is 0 Å². The fourth-order valence-corrected chi connectivity index (χ4v) is 2.87. The van der Waals surface area contributed by atoms with E-state index in [1.54, 1.807) is 0 Å². The van der Waals surface area contributed by atoms with Crippen molar-refractivity contribution in [3.8, 4) is 23.1 Å². The van der Waals surface area contributed by atoms with Crippen LogP contribution in [0.1, 0.15) is 23.3 Å². The molecule has 0 bridgehead atoms. The smallest absolute Gasteiger partial charge is 0.354 e. The summed E-state index contributed by atoms with van der Waals surface area (Å²) in [5.41, 5.74) is -2.91. The van der Waals surface area contributed by atoms with Crippen LogP contribution in [0.5, 0.6) is 5.75 Å². The van der Waals surface area contributed by atoms with Gasteiger partial charge >= 0.3 is 5.97 Å². The fourth-order valence-electron chi connectivity index (χ4n) is 2.87. The maximum Gasteiger partial charge on any atom is 0.354 e. The normalized spacial score (nSPS) is 15.6. The van der Waals surface area contributed by atoms with Crippen molar-refractivity contribution in [2.45, 2.75) is 12.8 Å². The SMILES string of the molecule is N#CC1(COc2cc(F)c(-c3nc(C(=O)O)ccc3F)c(F)c2)CCOCC1. The molecule has 6 nitrogen and oxygen atoms in total. The van der Waals surface area contributed by atoms with Crippen LogP contribution >= 0.6 is 0 Å². The lowest BCUT2D eigenvalue weighted by Gasteiger charge is -2.30. The maximum absolute atomic E-state index is 14.5. The minimum absolute atomic E-state index is 0.0772. The van der Waals surface area contributed by atoms with Crippen LogP contribution in [0.3, 0.4) is 0 Å². The Morgan fingerprint density at radius 1 is 1.21 bits per heavy atom. The van der Waals surface area contributed by atoms with Crippen molar-refractivity contribution in [3.05, 3.63) is 47.4 Å². The predicted molar refractivity (Wildman–Crippen MR) is 90.1 cm³/mol. The lowest BCUT2D eigenvalue weighted by Crippen LogP contribution is -2.33. The molecule has 0 amide bonds. The summed E-state index contributed by atoms with van der Waals surface area (Å²) in [6, 6.07) is 5.53. The average molecular weight is 392 g/mol. The molecule has 9 heteroatoms. The van der Waals surface area contributed by atoms with Gasteiger partial charge < -0.3 is 14.6 Å². The monoisotopic (exact) mass is 392 g/mol. The van der Waals surface area contributed by atoms with Crippen LogP contribution in [0.2, 0.25) is 0 Å². The first-order valence-corrected chi connectivity index (χ1v) is 8.36. The number of carbonyl (C=O) groups is 1. The van der Waals surface area contributed by atoms with Crippen LogP contribution < -0.4 is 4.74 Å². The molecule has 2 heterocycles. The molecular formula is C19H15F3N2O4. The molecule has 146 valence electrons. The van der Waals surface area contributed by atoms with Crippen molar-refractivity contribution in [3.63, 3.8) is 0 Å². The van der Waals surface area contributed by atoms with Gasteiger partial charge in [0.1, 0.15) is 41.2 Å². The Labute approximate surface area is 158 Å². The zero-order valence-corrected chi connectivity index (χ0v) is 14.5. The summed E-state index contributed by atoms with van der Waals surface area (Å²) >= 11 is 0. The number of aromatic carboxylic acids is 1. The predicted octanol–water partition coefficient (Wildman–Crippen LogP) is 3.56. The summed E-state index contributed by atoms with van der Waals surface area (Å²) in [7, 11) is 0. The van der Waals surface area contributed by atoms with Crippen LogP contribution in [0.15, 0.2) is 24.3 Å². The van der Waals surface area contributed by atoms with Gasteiger partial charge in [-0.25, -0.2) is 22.9 Å². The number of nitriles is 1. The van der Waals surface area contributed by atoms with Crippen LogP contribution in [0.4, 0.5) is 13.2 Å². The Balaban J connectivity index is 1.89. The highest BCUT2D eigenvalue weighted by Crippen LogP contribution is 2.33. The van der Waals surface area contributed by atoms with Crippen molar-refractivity contribution in [1.82, 2.24) is 4.98 Å². The summed E-state index contributed by atoms with van der Waals surface area (Å²) in [5.74, 6) is -5.03. The fraction of sp³-hybridized carbons (Fsp3) is 0.316. The molecular weight excluding hydrogens is 377 g/mol. The second kappa shape index (κ2) is 7.86. The summed E-state index contributed by atoms with van der Waals surface area (Å²) in [5, 5.41) is 18.3. The van der Waals surface area contributed by atoms with Gasteiger partial charge in [-0.15, -0.1) is 0 Å². The highest BCUT2D eigenvalue weighted by molar-refractivity contribution is 5.86. The van der Waals surface area contributed by atoms with Crippen molar-refractivity contribution in [2.75, 3.05) is 19.8 Å².